The van der Waals surface area contributed by atoms with Crippen LogP contribution in [-0.4, -0.2) is 0 Å². The van der Waals surface area contributed by atoms with Crippen molar-refractivity contribution in [3.63, 3.8) is 0 Å². The van der Waals surface area contributed by atoms with Crippen LogP contribution in [0.4, 0.5) is 4.39 Å². The van der Waals surface area contributed by atoms with E-state index >= 15 is 0 Å². The fraction of sp³-hybridized carbons (Fsp3) is 0.760. The van der Waals surface area contributed by atoms with Gasteiger partial charge in [0.2, 0.25) is 0 Å². The van der Waals surface area contributed by atoms with Crippen molar-refractivity contribution in [2.45, 2.75) is 102 Å². The van der Waals surface area contributed by atoms with Crippen LogP contribution < -0.4 is 0 Å². The average molecular weight is 357 g/mol. The van der Waals surface area contributed by atoms with Crippen LogP contribution in [0.1, 0.15) is 113 Å². The highest BCUT2D eigenvalue weighted by molar-refractivity contribution is 5.30. The molecule has 3 fully saturated rings. The fourth-order valence-electron chi connectivity index (χ4n) is 6.22. The number of hydrogen-bond donors (Lipinski definition) is 0. The third kappa shape index (κ3) is 4.18. The third-order valence-corrected chi connectivity index (χ3v) is 8.04. The summed E-state index contributed by atoms with van der Waals surface area (Å²) in [6, 6.07) is 6.30. The van der Waals surface area contributed by atoms with Gasteiger partial charge in [-0.2, -0.15) is 0 Å². The Bertz CT molecular complexity index is 570. The number of benzene rings is 1. The van der Waals surface area contributed by atoms with Crippen molar-refractivity contribution < 1.29 is 4.39 Å². The quantitative estimate of drug-likeness (QED) is 0.515. The van der Waals surface area contributed by atoms with Crippen molar-refractivity contribution in [1.29, 1.82) is 0 Å². The lowest BCUT2D eigenvalue weighted by Gasteiger charge is -2.37. The van der Waals surface area contributed by atoms with Gasteiger partial charge >= 0.3 is 0 Å². The van der Waals surface area contributed by atoms with Gasteiger partial charge in [-0.25, -0.2) is 4.39 Å². The summed E-state index contributed by atoms with van der Waals surface area (Å²) in [4.78, 5) is 0. The minimum atomic E-state index is 0.0813. The molecule has 0 bridgehead atoms. The van der Waals surface area contributed by atoms with Crippen molar-refractivity contribution in [3.05, 3.63) is 35.1 Å². The number of rotatable bonds is 3. The van der Waals surface area contributed by atoms with E-state index in [-0.39, 0.29) is 5.82 Å². The second-order valence-corrected chi connectivity index (χ2v) is 9.75. The predicted octanol–water partition coefficient (Wildman–Crippen LogP) is 7.97. The number of halogens is 1. The van der Waals surface area contributed by atoms with E-state index in [1.165, 1.54) is 89.0 Å². The first-order valence-corrected chi connectivity index (χ1v) is 11.5. The Morgan fingerprint density at radius 1 is 0.692 bits per heavy atom. The van der Waals surface area contributed by atoms with E-state index in [1.54, 1.807) is 0 Å². The fourth-order valence-corrected chi connectivity index (χ4v) is 6.22. The van der Waals surface area contributed by atoms with Gasteiger partial charge in [-0.15, -0.1) is 0 Å². The second-order valence-electron chi connectivity index (χ2n) is 9.75. The van der Waals surface area contributed by atoms with Gasteiger partial charge < -0.3 is 0 Å². The molecule has 3 aliphatic rings. The summed E-state index contributed by atoms with van der Waals surface area (Å²) < 4.78 is 14.8. The van der Waals surface area contributed by atoms with Gasteiger partial charge in [0.05, 0.1) is 0 Å². The monoisotopic (exact) mass is 356 g/mol. The van der Waals surface area contributed by atoms with Crippen molar-refractivity contribution in [2.75, 3.05) is 0 Å². The topological polar surface area (TPSA) is 0 Å². The molecule has 1 aromatic carbocycles. The molecular formula is C25H37F. The highest BCUT2D eigenvalue weighted by Crippen LogP contribution is 2.44. The van der Waals surface area contributed by atoms with Crippen molar-refractivity contribution in [2.24, 2.45) is 17.8 Å². The second kappa shape index (κ2) is 8.44. The maximum absolute atomic E-state index is 14.8. The lowest BCUT2D eigenvalue weighted by atomic mass is 9.68. The zero-order valence-corrected chi connectivity index (χ0v) is 16.7. The molecule has 0 spiro atoms. The first-order valence-electron chi connectivity index (χ1n) is 11.5. The van der Waals surface area contributed by atoms with Gasteiger partial charge in [0.25, 0.3) is 0 Å². The van der Waals surface area contributed by atoms with Crippen LogP contribution in [0.15, 0.2) is 18.2 Å². The maximum Gasteiger partial charge on any atom is 0.126 e. The van der Waals surface area contributed by atoms with Crippen LogP contribution in [0.3, 0.4) is 0 Å². The third-order valence-electron chi connectivity index (χ3n) is 8.04. The van der Waals surface area contributed by atoms with Crippen LogP contribution >= 0.6 is 0 Å². The van der Waals surface area contributed by atoms with E-state index in [4.69, 9.17) is 0 Å². The van der Waals surface area contributed by atoms with Crippen LogP contribution in [0.25, 0.3) is 0 Å². The average Bonchev–Trinajstić information content (AvgIpc) is 2.69. The Balaban J connectivity index is 1.34. The molecule has 0 aliphatic heterocycles. The van der Waals surface area contributed by atoms with E-state index in [0.717, 1.165) is 23.3 Å². The van der Waals surface area contributed by atoms with Gasteiger partial charge in [0.1, 0.15) is 5.82 Å². The summed E-state index contributed by atoms with van der Waals surface area (Å²) in [5, 5.41) is 0. The Kier molecular flexibility index (Phi) is 6.01. The molecule has 0 unspecified atom stereocenters. The molecular weight excluding hydrogens is 319 g/mol. The normalized spacial score (nSPS) is 33.9. The van der Waals surface area contributed by atoms with E-state index in [1.807, 2.05) is 6.07 Å². The van der Waals surface area contributed by atoms with E-state index in [0.29, 0.717) is 11.8 Å². The first kappa shape index (κ1) is 18.5. The van der Waals surface area contributed by atoms with Crippen LogP contribution in [0, 0.1) is 23.6 Å². The Labute approximate surface area is 160 Å². The lowest BCUT2D eigenvalue weighted by Crippen LogP contribution is -2.24. The Morgan fingerprint density at radius 2 is 1.31 bits per heavy atom. The smallest absolute Gasteiger partial charge is 0.126 e. The molecule has 0 atom stereocenters. The molecule has 0 amide bonds. The van der Waals surface area contributed by atoms with Gasteiger partial charge in [-0.05, 0) is 98.1 Å². The molecule has 0 radical (unpaired) electrons. The van der Waals surface area contributed by atoms with Crippen molar-refractivity contribution >= 4 is 0 Å². The van der Waals surface area contributed by atoms with E-state index in [2.05, 4.69) is 19.1 Å². The first-order chi connectivity index (χ1) is 12.7. The van der Waals surface area contributed by atoms with Gasteiger partial charge in [-0.3, -0.25) is 0 Å². The standard InChI is InChI=1S/C25H37F/c1-18-7-9-19(10-8-18)20-11-13-21(14-12-20)23-15-16-24(25(26)17-23)22-5-3-2-4-6-22/h15-22H,2-14H2,1H3. The largest absolute Gasteiger partial charge is 0.207 e. The summed E-state index contributed by atoms with van der Waals surface area (Å²) in [5.41, 5.74) is 2.27. The molecule has 3 saturated carbocycles. The van der Waals surface area contributed by atoms with E-state index < -0.39 is 0 Å². The summed E-state index contributed by atoms with van der Waals surface area (Å²) in [5.74, 6) is 4.04. The molecule has 0 N–H and O–H groups in total. The molecule has 0 nitrogen and oxygen atoms in total. The summed E-state index contributed by atoms with van der Waals surface area (Å²) in [6.45, 7) is 2.42. The van der Waals surface area contributed by atoms with Gasteiger partial charge in [-0.1, -0.05) is 51.2 Å². The van der Waals surface area contributed by atoms with Crippen LogP contribution in [0.2, 0.25) is 0 Å². The maximum atomic E-state index is 14.8. The molecule has 0 heterocycles. The summed E-state index contributed by atoms with van der Waals surface area (Å²) in [7, 11) is 0. The minimum Gasteiger partial charge on any atom is -0.207 e. The van der Waals surface area contributed by atoms with Gasteiger partial charge in [0, 0.05) is 0 Å². The number of hydrogen-bond acceptors (Lipinski definition) is 0. The predicted molar refractivity (Wildman–Crippen MR) is 108 cm³/mol. The summed E-state index contributed by atoms with van der Waals surface area (Å²) >= 11 is 0. The molecule has 0 aromatic heterocycles. The molecule has 3 aliphatic carbocycles. The molecule has 1 heteroatoms. The molecule has 1 aromatic rings. The Hall–Kier alpha value is -0.850. The summed E-state index contributed by atoms with van der Waals surface area (Å²) in [6.07, 6.45) is 17.3. The van der Waals surface area contributed by atoms with Crippen molar-refractivity contribution in [3.8, 4) is 0 Å². The molecule has 26 heavy (non-hydrogen) atoms. The minimum absolute atomic E-state index is 0.0813. The molecule has 0 saturated heterocycles. The van der Waals surface area contributed by atoms with Crippen molar-refractivity contribution in [1.82, 2.24) is 0 Å². The van der Waals surface area contributed by atoms with E-state index in [9.17, 15) is 4.39 Å². The zero-order chi connectivity index (χ0) is 17.9. The van der Waals surface area contributed by atoms with Crippen LogP contribution in [0.5, 0.6) is 0 Å². The zero-order valence-electron chi connectivity index (χ0n) is 16.7. The molecule has 4 rings (SSSR count). The SMILES string of the molecule is CC1CCC(C2CCC(c3ccc(C4CCCCC4)c(F)c3)CC2)CC1. The molecule has 144 valence electrons. The van der Waals surface area contributed by atoms with Gasteiger partial charge in [0.15, 0.2) is 0 Å². The Morgan fingerprint density at radius 3 is 1.92 bits per heavy atom. The highest BCUT2D eigenvalue weighted by Gasteiger charge is 2.30. The lowest BCUT2D eigenvalue weighted by molar-refractivity contribution is 0.165. The van der Waals surface area contributed by atoms with Crippen LogP contribution in [-0.2, 0) is 0 Å². The highest BCUT2D eigenvalue weighted by atomic mass is 19.1.